The third-order valence-corrected chi connectivity index (χ3v) is 2.48. The maximum absolute atomic E-state index is 12.8. The predicted octanol–water partition coefficient (Wildman–Crippen LogP) is 0.631. The Hall–Kier alpha value is -0.960. The predicted molar refractivity (Wildman–Crippen MR) is 51.2 cm³/mol. The van der Waals surface area contributed by atoms with Crippen LogP contribution in [0.5, 0.6) is 0 Å². The number of hydrogen-bond donors (Lipinski definition) is 1. The van der Waals surface area contributed by atoms with Crippen molar-refractivity contribution in [3.05, 3.63) is 0 Å². The SMILES string of the molecule is CNCC1CN(C(=O)C(F)(F)C(F)(F)F)CCO1. The highest BCUT2D eigenvalue weighted by molar-refractivity contribution is 5.84. The molecule has 1 aliphatic rings. The standard InChI is InChI=1S/C9H13F5N2O2/c1-15-4-6-5-16(2-3-18-6)7(17)8(10,11)9(12,13)14/h6,15H,2-5H2,1H3. The van der Waals surface area contributed by atoms with Gasteiger partial charge in [-0.15, -0.1) is 0 Å². The molecular weight excluding hydrogens is 263 g/mol. The number of nitrogens with zero attached hydrogens (tertiary/aromatic N) is 1. The van der Waals surface area contributed by atoms with Gasteiger partial charge in [-0.2, -0.15) is 22.0 Å². The number of likely N-dealkylation sites (N-methyl/N-ethyl adjacent to an activating group) is 1. The fourth-order valence-electron chi connectivity index (χ4n) is 1.57. The highest BCUT2D eigenvalue weighted by Crippen LogP contribution is 2.37. The van der Waals surface area contributed by atoms with Crippen molar-refractivity contribution in [2.24, 2.45) is 0 Å². The maximum Gasteiger partial charge on any atom is 0.463 e. The van der Waals surface area contributed by atoms with Gasteiger partial charge in [0.25, 0.3) is 0 Å². The molecule has 0 spiro atoms. The maximum atomic E-state index is 12.8. The van der Waals surface area contributed by atoms with Gasteiger partial charge >= 0.3 is 18.0 Å². The molecule has 1 atom stereocenters. The van der Waals surface area contributed by atoms with Gasteiger partial charge in [0.15, 0.2) is 0 Å². The van der Waals surface area contributed by atoms with E-state index in [1.807, 2.05) is 0 Å². The van der Waals surface area contributed by atoms with E-state index in [2.05, 4.69) is 5.32 Å². The highest BCUT2D eigenvalue weighted by atomic mass is 19.4. The van der Waals surface area contributed by atoms with E-state index >= 15 is 0 Å². The monoisotopic (exact) mass is 276 g/mol. The van der Waals surface area contributed by atoms with Crippen LogP contribution in [0, 0.1) is 0 Å². The van der Waals surface area contributed by atoms with E-state index in [4.69, 9.17) is 4.74 Å². The van der Waals surface area contributed by atoms with E-state index in [1.54, 1.807) is 7.05 Å². The summed E-state index contributed by atoms with van der Waals surface area (Å²) in [6.07, 6.45) is -6.46. The van der Waals surface area contributed by atoms with Gasteiger partial charge in [-0.25, -0.2) is 0 Å². The van der Waals surface area contributed by atoms with Crippen LogP contribution in [0.25, 0.3) is 0 Å². The summed E-state index contributed by atoms with van der Waals surface area (Å²) in [5, 5.41) is 2.69. The second kappa shape index (κ2) is 5.35. The molecule has 0 aromatic rings. The molecule has 18 heavy (non-hydrogen) atoms. The van der Waals surface area contributed by atoms with E-state index in [-0.39, 0.29) is 26.2 Å². The molecule has 4 nitrogen and oxygen atoms in total. The van der Waals surface area contributed by atoms with E-state index in [0.717, 1.165) is 0 Å². The van der Waals surface area contributed by atoms with Crippen molar-refractivity contribution in [2.75, 3.05) is 33.3 Å². The van der Waals surface area contributed by atoms with Gasteiger partial charge in [0.2, 0.25) is 0 Å². The minimum atomic E-state index is -5.87. The molecule has 1 fully saturated rings. The van der Waals surface area contributed by atoms with E-state index in [9.17, 15) is 26.7 Å². The largest absolute Gasteiger partial charge is 0.463 e. The summed E-state index contributed by atoms with van der Waals surface area (Å²) in [7, 11) is 1.58. The Morgan fingerprint density at radius 1 is 1.39 bits per heavy atom. The lowest BCUT2D eigenvalue weighted by atomic mass is 10.2. The lowest BCUT2D eigenvalue weighted by Crippen LogP contribution is -2.57. The summed E-state index contributed by atoms with van der Waals surface area (Å²) in [4.78, 5) is 11.7. The molecule has 9 heteroatoms. The van der Waals surface area contributed by atoms with Crippen LogP contribution in [0.1, 0.15) is 0 Å². The molecule has 0 saturated carbocycles. The first kappa shape index (κ1) is 15.1. The van der Waals surface area contributed by atoms with Crippen LogP contribution in [0.4, 0.5) is 22.0 Å². The van der Waals surface area contributed by atoms with Gasteiger partial charge in [0.05, 0.1) is 12.7 Å². The van der Waals surface area contributed by atoms with Crippen LogP contribution >= 0.6 is 0 Å². The van der Waals surface area contributed by atoms with Crippen LogP contribution in [-0.2, 0) is 9.53 Å². The topological polar surface area (TPSA) is 41.6 Å². The zero-order valence-electron chi connectivity index (χ0n) is 9.56. The smallest absolute Gasteiger partial charge is 0.373 e. The molecule has 0 aromatic heterocycles. The van der Waals surface area contributed by atoms with Crippen molar-refractivity contribution in [2.45, 2.75) is 18.2 Å². The third-order valence-electron chi connectivity index (χ3n) is 2.48. The Kier molecular flexibility index (Phi) is 4.49. The number of amides is 1. The summed E-state index contributed by atoms with van der Waals surface area (Å²) in [6, 6.07) is 0. The quantitative estimate of drug-likeness (QED) is 0.769. The van der Waals surface area contributed by atoms with Crippen LogP contribution in [-0.4, -0.2) is 62.3 Å². The Labute approximate surface area is 100 Å². The number of carbonyl (C=O) groups is 1. The summed E-state index contributed by atoms with van der Waals surface area (Å²) in [5.74, 6) is -7.58. The van der Waals surface area contributed by atoms with E-state index in [0.29, 0.717) is 4.90 Å². The molecule has 1 rings (SSSR count). The molecular formula is C9H13F5N2O2. The highest BCUT2D eigenvalue weighted by Gasteiger charge is 2.64. The average Bonchev–Trinajstić information content (AvgIpc) is 2.27. The van der Waals surface area contributed by atoms with E-state index in [1.165, 1.54) is 0 Å². The van der Waals surface area contributed by atoms with Crippen molar-refractivity contribution < 1.29 is 31.5 Å². The number of ether oxygens (including phenoxy) is 1. The number of nitrogens with one attached hydrogen (secondary N) is 1. The average molecular weight is 276 g/mol. The molecule has 1 aliphatic heterocycles. The van der Waals surface area contributed by atoms with Crippen molar-refractivity contribution in [1.82, 2.24) is 10.2 Å². The summed E-state index contributed by atoms with van der Waals surface area (Å²) < 4.78 is 66.9. The number of alkyl halides is 5. The number of hydrogen-bond acceptors (Lipinski definition) is 3. The molecule has 1 heterocycles. The van der Waals surface area contributed by atoms with Gasteiger partial charge in [0, 0.05) is 19.6 Å². The Morgan fingerprint density at radius 2 is 2.00 bits per heavy atom. The van der Waals surface area contributed by atoms with Gasteiger partial charge in [-0.1, -0.05) is 0 Å². The van der Waals surface area contributed by atoms with Gasteiger partial charge < -0.3 is 15.0 Å². The third kappa shape index (κ3) is 3.08. The first-order chi connectivity index (χ1) is 8.20. The Bertz CT molecular complexity index is 306. The summed E-state index contributed by atoms with van der Waals surface area (Å²) in [5.41, 5.74) is 0. The fraction of sp³-hybridized carbons (Fsp3) is 0.889. The molecule has 1 saturated heterocycles. The van der Waals surface area contributed by atoms with Gasteiger partial charge in [-0.05, 0) is 7.05 Å². The zero-order valence-corrected chi connectivity index (χ0v) is 9.56. The lowest BCUT2D eigenvalue weighted by molar-refractivity contribution is -0.275. The second-order valence-corrected chi connectivity index (χ2v) is 3.87. The number of morpholine rings is 1. The second-order valence-electron chi connectivity index (χ2n) is 3.87. The van der Waals surface area contributed by atoms with Crippen LogP contribution < -0.4 is 5.32 Å². The normalized spacial score (nSPS) is 22.1. The summed E-state index contributed by atoms with van der Waals surface area (Å²) in [6.45, 7) is -0.358. The molecule has 1 N–H and O–H groups in total. The molecule has 0 aliphatic carbocycles. The number of halogens is 5. The minimum Gasteiger partial charge on any atom is -0.373 e. The fourth-order valence-corrected chi connectivity index (χ4v) is 1.57. The number of carbonyl (C=O) groups excluding carboxylic acids is 1. The Morgan fingerprint density at radius 3 is 2.50 bits per heavy atom. The molecule has 1 amide bonds. The molecule has 106 valence electrons. The van der Waals surface area contributed by atoms with Crippen molar-refractivity contribution in [3.63, 3.8) is 0 Å². The van der Waals surface area contributed by atoms with Crippen molar-refractivity contribution in [3.8, 4) is 0 Å². The molecule has 0 bridgehead atoms. The minimum absolute atomic E-state index is 0.0635. The zero-order chi connectivity index (χ0) is 14.0. The summed E-state index contributed by atoms with van der Waals surface area (Å²) >= 11 is 0. The van der Waals surface area contributed by atoms with Crippen LogP contribution in [0.2, 0.25) is 0 Å². The molecule has 1 unspecified atom stereocenters. The number of rotatable bonds is 3. The van der Waals surface area contributed by atoms with Gasteiger partial charge in [-0.3, -0.25) is 4.79 Å². The lowest BCUT2D eigenvalue weighted by Gasteiger charge is -2.35. The van der Waals surface area contributed by atoms with Crippen LogP contribution in [0.3, 0.4) is 0 Å². The first-order valence-corrected chi connectivity index (χ1v) is 5.20. The van der Waals surface area contributed by atoms with Crippen LogP contribution in [0.15, 0.2) is 0 Å². The Balaban J connectivity index is 2.72. The van der Waals surface area contributed by atoms with Gasteiger partial charge in [0.1, 0.15) is 0 Å². The first-order valence-electron chi connectivity index (χ1n) is 5.20. The van der Waals surface area contributed by atoms with Crippen molar-refractivity contribution >= 4 is 5.91 Å². The van der Waals surface area contributed by atoms with E-state index < -0.39 is 24.1 Å². The van der Waals surface area contributed by atoms with Crippen molar-refractivity contribution in [1.29, 1.82) is 0 Å². The molecule has 0 aromatic carbocycles. The molecule has 0 radical (unpaired) electrons.